The number of aromatic nitrogens is 4. The molecule has 0 N–H and O–H groups in total. The van der Waals surface area contributed by atoms with Crippen LogP contribution in [0.3, 0.4) is 0 Å². The van der Waals surface area contributed by atoms with Gasteiger partial charge in [0.2, 0.25) is 0 Å². The van der Waals surface area contributed by atoms with Crippen LogP contribution >= 0.6 is 46.2 Å². The van der Waals surface area contributed by atoms with Gasteiger partial charge in [0.05, 0.1) is 0 Å². The third-order valence-corrected chi connectivity index (χ3v) is 13.1. The number of fused-ring (bicyclic) bond motifs is 2. The summed E-state index contributed by atoms with van der Waals surface area (Å²) in [5.41, 5.74) is 7.21. The number of hydrogen-bond acceptors (Lipinski definition) is 8. The van der Waals surface area contributed by atoms with Crippen molar-refractivity contribution in [3.8, 4) is 0 Å². The Morgan fingerprint density at radius 1 is 0.519 bits per heavy atom. The second kappa shape index (κ2) is 15.9. The van der Waals surface area contributed by atoms with Gasteiger partial charge in [-0.05, 0) is 92.5 Å². The number of hydrogen-bond donors (Lipinski definition) is 0. The van der Waals surface area contributed by atoms with Crippen molar-refractivity contribution in [3.05, 3.63) is 156 Å². The number of nitrogens with zero attached hydrogens (tertiary/aromatic N) is 6. The Balaban J connectivity index is 0.833. The molecule has 4 heterocycles. The largest absolute Gasteiger partial charge is 0.307 e. The van der Waals surface area contributed by atoms with Gasteiger partial charge in [-0.2, -0.15) is 0 Å². The van der Waals surface area contributed by atoms with E-state index in [0.717, 1.165) is 47.6 Å². The summed E-state index contributed by atoms with van der Waals surface area (Å²) in [5.74, 6) is 4.08. The number of rotatable bonds is 13. The van der Waals surface area contributed by atoms with Crippen molar-refractivity contribution < 1.29 is 9.13 Å². The molecule has 10 heteroatoms. The highest BCUT2D eigenvalue weighted by molar-refractivity contribution is 8.03. The molecule has 0 radical (unpaired) electrons. The molecule has 6 nitrogen and oxygen atoms in total. The maximum atomic E-state index is 4.88. The molecule has 0 saturated carbocycles. The molecule has 4 aromatic heterocycles. The second-order valence-electron chi connectivity index (χ2n) is 12.4. The summed E-state index contributed by atoms with van der Waals surface area (Å²) in [4.78, 5) is 16.7. The fraction of sp³-hybridized carbons (Fsp3) is 0.143. The van der Waals surface area contributed by atoms with E-state index in [1.54, 1.807) is 22.7 Å². The van der Waals surface area contributed by atoms with Gasteiger partial charge in [-0.3, -0.25) is 0 Å². The molecule has 52 heavy (non-hydrogen) atoms. The molecule has 8 rings (SSSR count). The molecule has 0 atom stereocenters. The number of thiophene rings is 2. The van der Waals surface area contributed by atoms with Crippen molar-refractivity contribution in [1.29, 1.82) is 0 Å². The molecular weight excluding hydrogens is 717 g/mol. The Morgan fingerprint density at radius 3 is 1.33 bits per heavy atom. The van der Waals surface area contributed by atoms with Crippen molar-refractivity contribution in [3.63, 3.8) is 0 Å². The minimum Gasteiger partial charge on any atom is -0.307 e. The predicted molar refractivity (Wildman–Crippen MR) is 221 cm³/mol. The van der Waals surface area contributed by atoms with Gasteiger partial charge in [-0.15, -0.1) is 46.2 Å². The summed E-state index contributed by atoms with van der Waals surface area (Å²) in [5, 5.41) is 4.31. The van der Waals surface area contributed by atoms with Gasteiger partial charge in [0.25, 0.3) is 24.3 Å². The molecule has 8 aromatic rings. The van der Waals surface area contributed by atoms with E-state index >= 15 is 0 Å². The highest BCUT2D eigenvalue weighted by Gasteiger charge is 2.22. The molecule has 0 bridgehead atoms. The van der Waals surface area contributed by atoms with E-state index in [0.29, 0.717) is 0 Å². The maximum absolute atomic E-state index is 4.88. The lowest BCUT2D eigenvalue weighted by molar-refractivity contribution is -0.665. The third-order valence-electron chi connectivity index (χ3n) is 9.05. The van der Waals surface area contributed by atoms with Gasteiger partial charge in [-0.1, -0.05) is 60.7 Å². The maximum Gasteiger partial charge on any atom is 0.289 e. The Morgan fingerprint density at radius 2 is 0.923 bits per heavy atom. The van der Waals surface area contributed by atoms with Crippen LogP contribution in [0.4, 0.5) is 23.0 Å². The van der Waals surface area contributed by atoms with E-state index in [4.69, 9.17) is 9.97 Å². The van der Waals surface area contributed by atoms with Crippen LogP contribution in [0.5, 0.6) is 0 Å². The lowest BCUT2D eigenvalue weighted by Crippen LogP contribution is -2.35. The van der Waals surface area contributed by atoms with Gasteiger partial charge in [0.1, 0.15) is 22.5 Å². The molecule has 0 aliphatic rings. The quantitative estimate of drug-likeness (QED) is 0.0663. The molecular formula is C42H38N6S4+2. The van der Waals surface area contributed by atoms with Crippen LogP contribution in [0.25, 0.3) is 20.4 Å². The molecule has 0 aliphatic heterocycles. The molecule has 0 amide bonds. The monoisotopic (exact) mass is 754 g/mol. The normalized spacial score (nSPS) is 11.3. The summed E-state index contributed by atoms with van der Waals surface area (Å²) in [6, 6.07) is 43.2. The minimum atomic E-state index is 0.788. The van der Waals surface area contributed by atoms with Gasteiger partial charge < -0.3 is 9.80 Å². The fourth-order valence-corrected chi connectivity index (χ4v) is 9.92. The molecule has 0 unspecified atom stereocenters. The van der Waals surface area contributed by atoms with Crippen molar-refractivity contribution in [1.82, 2.24) is 9.97 Å². The van der Waals surface area contributed by atoms with E-state index in [2.05, 4.69) is 153 Å². The third kappa shape index (κ3) is 7.56. The lowest BCUT2D eigenvalue weighted by atomic mass is 10.2. The van der Waals surface area contributed by atoms with Crippen LogP contribution in [0, 0.1) is 0 Å². The average molecular weight is 755 g/mol. The molecule has 0 saturated heterocycles. The molecule has 0 fully saturated rings. The number of benzene rings is 4. The highest BCUT2D eigenvalue weighted by Crippen LogP contribution is 2.33. The van der Waals surface area contributed by atoms with Crippen LogP contribution < -0.4 is 18.9 Å². The number of para-hydroxylation sites is 2. The zero-order valence-corrected chi connectivity index (χ0v) is 32.3. The molecule has 4 aromatic carbocycles. The first kappa shape index (κ1) is 34.4. The smallest absolute Gasteiger partial charge is 0.289 e. The summed E-state index contributed by atoms with van der Waals surface area (Å²) in [7, 11) is 4.16. The average Bonchev–Trinajstić information content (AvgIpc) is 3.90. The molecule has 258 valence electrons. The zero-order valence-electron chi connectivity index (χ0n) is 29.0. The van der Waals surface area contributed by atoms with Crippen LogP contribution in [0.15, 0.2) is 155 Å². The summed E-state index contributed by atoms with van der Waals surface area (Å²) in [6.45, 7) is 1.58. The van der Waals surface area contributed by atoms with Crippen molar-refractivity contribution in [2.24, 2.45) is 0 Å². The SMILES string of the molecule is CN(c1ccccc1)c1nc[n+](Cc2ccc(SCCSc3ccc(C[n+]4cnc(N(C)c5ccccc5)c5sccc54)cc3)cc2)c2ccsc12. The summed E-state index contributed by atoms with van der Waals surface area (Å²) < 4.78 is 6.89. The highest BCUT2D eigenvalue weighted by atomic mass is 32.2. The Labute approximate surface area is 321 Å². The van der Waals surface area contributed by atoms with Crippen LogP contribution in [-0.2, 0) is 13.1 Å². The summed E-state index contributed by atoms with van der Waals surface area (Å²) in [6.07, 6.45) is 3.94. The Bertz CT molecular complexity index is 2220. The minimum absolute atomic E-state index is 0.788. The topological polar surface area (TPSA) is 40.0 Å². The first-order valence-electron chi connectivity index (χ1n) is 17.1. The van der Waals surface area contributed by atoms with Crippen LogP contribution in [-0.4, -0.2) is 35.6 Å². The first-order chi connectivity index (χ1) is 25.6. The first-order valence-corrected chi connectivity index (χ1v) is 20.9. The number of anilines is 4. The van der Waals surface area contributed by atoms with Crippen LogP contribution in [0.2, 0.25) is 0 Å². The van der Waals surface area contributed by atoms with Gasteiger partial charge in [0.15, 0.2) is 11.0 Å². The van der Waals surface area contributed by atoms with Gasteiger partial charge >= 0.3 is 0 Å². The second-order valence-corrected chi connectivity index (χ2v) is 16.6. The zero-order chi connectivity index (χ0) is 35.3. The van der Waals surface area contributed by atoms with Crippen molar-refractivity contribution in [2.45, 2.75) is 22.9 Å². The standard InChI is InChI=1S/C42H38N6S4/c1-45(33-9-5-3-6-10-33)41-39-37(21-23-51-39)47(29-43-41)27-31-13-17-35(18-14-31)49-25-26-50-36-19-15-32(16-20-36)28-48-30-44-42(40-38(48)22-24-52-40)46(2)34-11-7-4-8-12-34/h3-24,29-30H,25-28H2,1-2H3/q+2. The van der Waals surface area contributed by atoms with Gasteiger partial charge in [0, 0.05) is 46.8 Å². The molecule has 0 spiro atoms. The molecule has 0 aliphatic carbocycles. The Hall–Kier alpha value is -4.74. The van der Waals surface area contributed by atoms with E-state index in [9.17, 15) is 0 Å². The van der Waals surface area contributed by atoms with E-state index in [1.165, 1.54) is 41.4 Å². The Kier molecular flexibility index (Phi) is 10.5. The fourth-order valence-electron chi connectivity index (χ4n) is 6.25. The lowest BCUT2D eigenvalue weighted by Gasteiger charge is -2.15. The van der Waals surface area contributed by atoms with Crippen molar-refractivity contribution in [2.75, 3.05) is 35.4 Å². The van der Waals surface area contributed by atoms with E-state index in [-0.39, 0.29) is 0 Å². The number of thioether (sulfide) groups is 2. The summed E-state index contributed by atoms with van der Waals surface area (Å²) >= 11 is 7.31. The predicted octanol–water partition coefficient (Wildman–Crippen LogP) is 10.00. The van der Waals surface area contributed by atoms with Gasteiger partial charge in [-0.25, -0.2) is 9.13 Å². The van der Waals surface area contributed by atoms with Crippen LogP contribution in [0.1, 0.15) is 11.1 Å². The van der Waals surface area contributed by atoms with Crippen molar-refractivity contribution >= 4 is 89.6 Å². The van der Waals surface area contributed by atoms with E-state index in [1.807, 2.05) is 48.3 Å². The van der Waals surface area contributed by atoms with E-state index < -0.39 is 0 Å².